The molecule has 3 amide bonds. The molecule has 4 rings (SSSR count). The summed E-state index contributed by atoms with van der Waals surface area (Å²) in [6.07, 6.45) is -0.171. The quantitative estimate of drug-likeness (QED) is 0.679. The van der Waals surface area contributed by atoms with Crippen molar-refractivity contribution in [2.24, 2.45) is 11.8 Å². The van der Waals surface area contributed by atoms with Gasteiger partial charge in [-0.15, -0.1) is 18.3 Å². The van der Waals surface area contributed by atoms with Gasteiger partial charge < -0.3 is 19.9 Å². The SMILES string of the molecule is O=C(/C=C/c1ccc(OC(F)(F)F)cc1)N1C[C@@H]2CN(C(=O)NCc3c[nH]nn3)C[C@@H]2C1. The number of nitrogens with zero attached hydrogens (tertiary/aromatic N) is 4. The van der Waals surface area contributed by atoms with Crippen molar-refractivity contribution < 1.29 is 27.5 Å². The highest BCUT2D eigenvalue weighted by molar-refractivity contribution is 5.92. The summed E-state index contributed by atoms with van der Waals surface area (Å²) < 4.78 is 40.5. The van der Waals surface area contributed by atoms with Crippen LogP contribution in [0.25, 0.3) is 6.08 Å². The van der Waals surface area contributed by atoms with Gasteiger partial charge in [-0.05, 0) is 23.8 Å². The van der Waals surface area contributed by atoms with Gasteiger partial charge in [0.15, 0.2) is 0 Å². The molecule has 1 aromatic heterocycles. The van der Waals surface area contributed by atoms with E-state index in [9.17, 15) is 22.8 Å². The Morgan fingerprint density at radius 2 is 1.78 bits per heavy atom. The normalized spacial score (nSPS) is 20.6. The molecule has 3 heterocycles. The van der Waals surface area contributed by atoms with Crippen LogP contribution in [0.15, 0.2) is 36.5 Å². The first-order valence-corrected chi connectivity index (χ1v) is 9.98. The summed E-state index contributed by atoms with van der Waals surface area (Å²) >= 11 is 0. The minimum absolute atomic E-state index is 0.168. The molecule has 1 aromatic carbocycles. The van der Waals surface area contributed by atoms with Crippen molar-refractivity contribution in [1.29, 1.82) is 0 Å². The molecule has 0 saturated carbocycles. The molecule has 9 nitrogen and oxygen atoms in total. The number of aromatic nitrogens is 3. The molecule has 2 aliphatic rings. The maximum absolute atomic E-state index is 12.5. The van der Waals surface area contributed by atoms with Gasteiger partial charge in [0, 0.05) is 50.3 Å². The Hall–Kier alpha value is -3.57. The zero-order valence-corrected chi connectivity index (χ0v) is 16.9. The number of halogens is 3. The second-order valence-corrected chi connectivity index (χ2v) is 7.74. The summed E-state index contributed by atoms with van der Waals surface area (Å²) in [5.41, 5.74) is 1.23. The van der Waals surface area contributed by atoms with Crippen LogP contribution in [-0.2, 0) is 11.3 Å². The molecule has 0 aliphatic carbocycles. The van der Waals surface area contributed by atoms with Crippen LogP contribution in [0.5, 0.6) is 5.75 Å². The molecule has 2 fully saturated rings. The number of likely N-dealkylation sites (tertiary alicyclic amines) is 2. The van der Waals surface area contributed by atoms with Crippen molar-refractivity contribution in [3.05, 3.63) is 47.8 Å². The van der Waals surface area contributed by atoms with Gasteiger partial charge in [-0.25, -0.2) is 4.79 Å². The number of H-pyrrole nitrogens is 1. The van der Waals surface area contributed by atoms with Crippen molar-refractivity contribution in [3.8, 4) is 5.75 Å². The number of rotatable bonds is 5. The highest BCUT2D eigenvalue weighted by Gasteiger charge is 2.42. The fourth-order valence-corrected chi connectivity index (χ4v) is 3.98. The van der Waals surface area contributed by atoms with Gasteiger partial charge >= 0.3 is 12.4 Å². The first-order chi connectivity index (χ1) is 15.3. The Bertz CT molecular complexity index is 963. The number of alkyl halides is 3. The highest BCUT2D eigenvalue weighted by Crippen LogP contribution is 2.31. The molecule has 32 heavy (non-hydrogen) atoms. The standard InChI is InChI=1S/C20H21F3N6O3/c21-20(22,23)32-17-4-1-13(2-5-17)3-6-18(30)28-9-14-11-29(12-15(14)10-28)19(31)24-7-16-8-25-27-26-16/h1-6,8,14-15H,7,9-12H2,(H,24,31)(H,25,26,27)/b6-3+/t14-,15+. The number of hydrogen-bond acceptors (Lipinski definition) is 5. The van der Waals surface area contributed by atoms with Gasteiger partial charge in [0.25, 0.3) is 0 Å². The molecule has 2 atom stereocenters. The molecular formula is C20H21F3N6O3. The van der Waals surface area contributed by atoms with Crippen LogP contribution < -0.4 is 10.1 Å². The minimum Gasteiger partial charge on any atom is -0.406 e. The third-order valence-electron chi connectivity index (χ3n) is 5.51. The second kappa shape index (κ2) is 8.89. The zero-order chi connectivity index (χ0) is 22.7. The lowest BCUT2D eigenvalue weighted by Gasteiger charge is -2.21. The molecule has 0 spiro atoms. The van der Waals surface area contributed by atoms with Crippen molar-refractivity contribution >= 4 is 18.0 Å². The van der Waals surface area contributed by atoms with Crippen LogP contribution in [0.4, 0.5) is 18.0 Å². The van der Waals surface area contributed by atoms with Crippen LogP contribution >= 0.6 is 0 Å². The lowest BCUT2D eigenvalue weighted by atomic mass is 10.0. The molecule has 12 heteroatoms. The fraction of sp³-hybridized carbons (Fsp3) is 0.400. The molecule has 2 N–H and O–H groups in total. The highest BCUT2D eigenvalue weighted by atomic mass is 19.4. The Morgan fingerprint density at radius 3 is 2.38 bits per heavy atom. The number of hydrogen-bond donors (Lipinski definition) is 2. The van der Waals surface area contributed by atoms with Crippen LogP contribution in [0.3, 0.4) is 0 Å². The molecule has 2 aromatic rings. The summed E-state index contributed by atoms with van der Waals surface area (Å²) in [4.78, 5) is 28.3. The van der Waals surface area contributed by atoms with Crippen molar-refractivity contribution in [2.45, 2.75) is 12.9 Å². The number of urea groups is 1. The van der Waals surface area contributed by atoms with E-state index in [2.05, 4.69) is 25.5 Å². The average molecular weight is 450 g/mol. The van der Waals surface area contributed by atoms with E-state index in [1.54, 1.807) is 22.1 Å². The second-order valence-electron chi connectivity index (χ2n) is 7.74. The van der Waals surface area contributed by atoms with Crippen LogP contribution in [0, 0.1) is 11.8 Å². The van der Waals surface area contributed by atoms with Gasteiger partial charge in [-0.2, -0.15) is 0 Å². The Morgan fingerprint density at radius 1 is 1.12 bits per heavy atom. The molecular weight excluding hydrogens is 429 g/mol. The number of fused-ring (bicyclic) bond motifs is 1. The van der Waals surface area contributed by atoms with Gasteiger partial charge in [-0.1, -0.05) is 17.3 Å². The average Bonchev–Trinajstić information content (AvgIpc) is 3.46. The predicted octanol–water partition coefficient (Wildman–Crippen LogP) is 2.02. The number of aromatic amines is 1. The topological polar surface area (TPSA) is 103 Å². The van der Waals surface area contributed by atoms with Crippen LogP contribution in [0.2, 0.25) is 0 Å². The Kier molecular flexibility index (Phi) is 6.01. The number of nitrogens with one attached hydrogen (secondary N) is 2. The molecule has 0 unspecified atom stereocenters. The predicted molar refractivity (Wildman–Crippen MR) is 106 cm³/mol. The first kappa shape index (κ1) is 21.7. The fourth-order valence-electron chi connectivity index (χ4n) is 3.98. The Balaban J connectivity index is 1.24. The van der Waals surface area contributed by atoms with E-state index in [1.807, 2.05) is 0 Å². The number of benzene rings is 1. The van der Waals surface area contributed by atoms with E-state index in [0.29, 0.717) is 44.0 Å². The number of carbonyl (C=O) groups is 2. The number of carbonyl (C=O) groups excluding carboxylic acids is 2. The van der Waals surface area contributed by atoms with E-state index in [-0.39, 0.29) is 29.5 Å². The summed E-state index contributed by atoms with van der Waals surface area (Å²) in [5.74, 6) is -0.0621. The molecule has 0 bridgehead atoms. The van der Waals surface area contributed by atoms with E-state index >= 15 is 0 Å². The number of amides is 3. The van der Waals surface area contributed by atoms with E-state index < -0.39 is 6.36 Å². The molecule has 2 aliphatic heterocycles. The first-order valence-electron chi connectivity index (χ1n) is 9.98. The summed E-state index contributed by atoms with van der Waals surface area (Å²) in [6.45, 7) is 2.55. The lowest BCUT2D eigenvalue weighted by Crippen LogP contribution is -2.40. The largest absolute Gasteiger partial charge is 0.573 e. The van der Waals surface area contributed by atoms with E-state index in [1.165, 1.54) is 30.3 Å². The summed E-state index contributed by atoms with van der Waals surface area (Å²) in [6, 6.07) is 5.11. The van der Waals surface area contributed by atoms with E-state index in [4.69, 9.17) is 0 Å². The van der Waals surface area contributed by atoms with Gasteiger partial charge in [0.05, 0.1) is 6.54 Å². The molecule has 0 radical (unpaired) electrons. The molecule has 2 saturated heterocycles. The van der Waals surface area contributed by atoms with Gasteiger partial charge in [-0.3, -0.25) is 9.89 Å². The van der Waals surface area contributed by atoms with Crippen molar-refractivity contribution in [2.75, 3.05) is 26.2 Å². The van der Waals surface area contributed by atoms with Crippen molar-refractivity contribution in [3.63, 3.8) is 0 Å². The smallest absolute Gasteiger partial charge is 0.406 e. The third kappa shape index (κ3) is 5.37. The Labute approximate surface area is 181 Å². The summed E-state index contributed by atoms with van der Waals surface area (Å²) in [7, 11) is 0. The van der Waals surface area contributed by atoms with E-state index in [0.717, 1.165) is 0 Å². The maximum Gasteiger partial charge on any atom is 0.573 e. The monoisotopic (exact) mass is 450 g/mol. The van der Waals surface area contributed by atoms with Crippen LogP contribution in [-0.4, -0.2) is 69.7 Å². The molecule has 170 valence electrons. The summed E-state index contributed by atoms with van der Waals surface area (Å²) in [5, 5.41) is 12.8. The maximum atomic E-state index is 12.5. The van der Waals surface area contributed by atoms with Gasteiger partial charge in [0.2, 0.25) is 5.91 Å². The lowest BCUT2D eigenvalue weighted by molar-refractivity contribution is -0.274. The van der Waals surface area contributed by atoms with Gasteiger partial charge in [0.1, 0.15) is 11.4 Å². The minimum atomic E-state index is -4.74. The third-order valence-corrected chi connectivity index (χ3v) is 5.51. The van der Waals surface area contributed by atoms with Crippen LogP contribution in [0.1, 0.15) is 11.3 Å². The number of ether oxygens (including phenoxy) is 1. The van der Waals surface area contributed by atoms with Crippen molar-refractivity contribution in [1.82, 2.24) is 30.5 Å². The zero-order valence-electron chi connectivity index (χ0n) is 16.9.